The first-order valence-corrected chi connectivity index (χ1v) is 7.41. The zero-order valence-corrected chi connectivity index (χ0v) is 12.5. The summed E-state index contributed by atoms with van der Waals surface area (Å²) in [6, 6.07) is 6.13. The fourth-order valence-electron chi connectivity index (χ4n) is 2.70. The Hall–Kier alpha value is -2.01. The lowest BCUT2D eigenvalue weighted by molar-refractivity contribution is 0.171. The number of rotatable bonds is 5. The maximum atomic E-state index is 5.67. The highest BCUT2D eigenvalue weighted by Gasteiger charge is 2.20. The van der Waals surface area contributed by atoms with Gasteiger partial charge in [-0.25, -0.2) is 4.98 Å². The van der Waals surface area contributed by atoms with Crippen molar-refractivity contribution in [3.8, 4) is 11.5 Å². The highest BCUT2D eigenvalue weighted by Crippen LogP contribution is 2.33. The molecule has 112 valence electrons. The molecule has 0 saturated heterocycles. The molecule has 0 aliphatic carbocycles. The van der Waals surface area contributed by atoms with E-state index >= 15 is 0 Å². The molecule has 0 fully saturated rings. The quantitative estimate of drug-likeness (QED) is 0.917. The average molecular weight is 287 g/mol. The van der Waals surface area contributed by atoms with E-state index in [4.69, 9.17) is 9.47 Å². The summed E-state index contributed by atoms with van der Waals surface area (Å²) < 4.78 is 13.4. The fraction of sp³-hybridized carbons (Fsp3) is 0.438. The van der Waals surface area contributed by atoms with Gasteiger partial charge in [-0.15, -0.1) is 0 Å². The highest BCUT2D eigenvalue weighted by molar-refractivity contribution is 5.45. The van der Waals surface area contributed by atoms with Crippen LogP contribution in [0.3, 0.4) is 0 Å². The Kier molecular flexibility index (Phi) is 4.10. The zero-order valence-electron chi connectivity index (χ0n) is 12.5. The second-order valence-electron chi connectivity index (χ2n) is 5.10. The Morgan fingerprint density at radius 3 is 2.86 bits per heavy atom. The molecule has 0 radical (unpaired) electrons. The van der Waals surface area contributed by atoms with Gasteiger partial charge in [-0.1, -0.05) is 13.0 Å². The van der Waals surface area contributed by atoms with Crippen molar-refractivity contribution in [3.05, 3.63) is 42.0 Å². The molecule has 2 heterocycles. The van der Waals surface area contributed by atoms with Gasteiger partial charge in [0.15, 0.2) is 11.5 Å². The summed E-state index contributed by atoms with van der Waals surface area (Å²) in [5, 5.41) is 3.35. The molecule has 0 spiro atoms. The normalized spacial score (nSPS) is 15.0. The molecule has 1 N–H and O–H groups in total. The number of aryl methyl sites for hydroxylation is 1. The molecule has 3 rings (SSSR count). The molecular weight excluding hydrogens is 266 g/mol. The Bertz CT molecular complexity index is 609. The Morgan fingerprint density at radius 2 is 2.10 bits per heavy atom. The van der Waals surface area contributed by atoms with Gasteiger partial charge in [0.25, 0.3) is 0 Å². The van der Waals surface area contributed by atoms with Crippen LogP contribution in [0.4, 0.5) is 0 Å². The molecule has 0 bridgehead atoms. The van der Waals surface area contributed by atoms with Gasteiger partial charge < -0.3 is 19.4 Å². The highest BCUT2D eigenvalue weighted by atomic mass is 16.6. The van der Waals surface area contributed by atoms with Gasteiger partial charge in [0, 0.05) is 18.9 Å². The largest absolute Gasteiger partial charge is 0.486 e. The Balaban J connectivity index is 1.94. The Labute approximate surface area is 124 Å². The first-order valence-electron chi connectivity index (χ1n) is 7.41. The lowest BCUT2D eigenvalue weighted by Crippen LogP contribution is -2.23. The molecule has 5 heteroatoms. The van der Waals surface area contributed by atoms with E-state index in [1.807, 2.05) is 31.6 Å². The van der Waals surface area contributed by atoms with Crippen molar-refractivity contribution in [1.82, 2.24) is 14.9 Å². The number of hydrogen-bond donors (Lipinski definition) is 1. The van der Waals surface area contributed by atoms with Crippen LogP contribution in [-0.2, 0) is 6.54 Å². The summed E-state index contributed by atoms with van der Waals surface area (Å²) in [4.78, 5) is 4.52. The van der Waals surface area contributed by atoms with Crippen LogP contribution in [0, 0.1) is 0 Å². The maximum absolute atomic E-state index is 5.67. The first kappa shape index (κ1) is 13.9. The van der Waals surface area contributed by atoms with E-state index in [0.717, 1.165) is 35.9 Å². The number of nitrogens with one attached hydrogen (secondary N) is 1. The summed E-state index contributed by atoms with van der Waals surface area (Å²) >= 11 is 0. The van der Waals surface area contributed by atoms with Crippen molar-refractivity contribution >= 4 is 0 Å². The summed E-state index contributed by atoms with van der Waals surface area (Å²) in [5.74, 6) is 2.65. The number of aromatic nitrogens is 2. The van der Waals surface area contributed by atoms with Crippen molar-refractivity contribution in [1.29, 1.82) is 0 Å². The summed E-state index contributed by atoms with van der Waals surface area (Å²) in [7, 11) is 1.95. The van der Waals surface area contributed by atoms with E-state index in [1.165, 1.54) is 0 Å². The summed E-state index contributed by atoms with van der Waals surface area (Å²) in [5.41, 5.74) is 1.13. The van der Waals surface area contributed by atoms with E-state index in [2.05, 4.69) is 27.9 Å². The standard InChI is InChI=1S/C16H21N3O2/c1-3-7-19-8-6-18-16(19)15(17-2)12-4-5-13-14(11-12)21-10-9-20-13/h4-6,8,11,15,17H,3,7,9-10H2,1-2H3. The minimum Gasteiger partial charge on any atom is -0.486 e. The van der Waals surface area contributed by atoms with E-state index in [0.29, 0.717) is 13.2 Å². The zero-order chi connectivity index (χ0) is 14.7. The third-order valence-electron chi connectivity index (χ3n) is 3.66. The average Bonchev–Trinajstić information content (AvgIpc) is 2.97. The monoisotopic (exact) mass is 287 g/mol. The van der Waals surface area contributed by atoms with Gasteiger partial charge in [-0.05, 0) is 31.2 Å². The molecule has 5 nitrogen and oxygen atoms in total. The van der Waals surface area contributed by atoms with Crippen molar-refractivity contribution in [2.24, 2.45) is 0 Å². The van der Waals surface area contributed by atoms with Crippen molar-refractivity contribution in [2.45, 2.75) is 25.9 Å². The molecule has 0 amide bonds. The molecule has 1 aliphatic rings. The van der Waals surface area contributed by atoms with Gasteiger partial charge in [0.2, 0.25) is 0 Å². The predicted molar refractivity (Wildman–Crippen MR) is 80.9 cm³/mol. The van der Waals surface area contributed by atoms with E-state index < -0.39 is 0 Å². The van der Waals surface area contributed by atoms with E-state index in [1.54, 1.807) is 0 Å². The second-order valence-corrected chi connectivity index (χ2v) is 5.10. The number of ether oxygens (including phenoxy) is 2. The molecule has 1 aromatic heterocycles. The van der Waals surface area contributed by atoms with Crippen LogP contribution in [-0.4, -0.2) is 29.8 Å². The van der Waals surface area contributed by atoms with E-state index in [-0.39, 0.29) is 6.04 Å². The molecular formula is C16H21N3O2. The minimum atomic E-state index is 0.0439. The van der Waals surface area contributed by atoms with Crippen LogP contribution < -0.4 is 14.8 Å². The van der Waals surface area contributed by atoms with Crippen LogP contribution >= 0.6 is 0 Å². The predicted octanol–water partition coefficient (Wildman–Crippen LogP) is 2.37. The van der Waals surface area contributed by atoms with Gasteiger partial charge in [-0.3, -0.25) is 0 Å². The molecule has 0 saturated carbocycles. The summed E-state index contributed by atoms with van der Waals surface area (Å²) in [6.45, 7) is 4.36. The third kappa shape index (κ3) is 2.74. The topological polar surface area (TPSA) is 48.3 Å². The van der Waals surface area contributed by atoms with Crippen LogP contribution in [0.5, 0.6) is 11.5 Å². The summed E-state index contributed by atoms with van der Waals surface area (Å²) in [6.07, 6.45) is 4.97. The second kappa shape index (κ2) is 6.18. The smallest absolute Gasteiger partial charge is 0.161 e. The van der Waals surface area contributed by atoms with Crippen LogP contribution in [0.1, 0.15) is 30.8 Å². The Morgan fingerprint density at radius 1 is 1.29 bits per heavy atom. The number of nitrogens with zero attached hydrogens (tertiary/aromatic N) is 2. The third-order valence-corrected chi connectivity index (χ3v) is 3.66. The van der Waals surface area contributed by atoms with Gasteiger partial charge >= 0.3 is 0 Å². The van der Waals surface area contributed by atoms with E-state index in [9.17, 15) is 0 Å². The molecule has 1 aliphatic heterocycles. The molecule has 1 atom stereocenters. The van der Waals surface area contributed by atoms with Crippen molar-refractivity contribution in [3.63, 3.8) is 0 Å². The number of fused-ring (bicyclic) bond motifs is 1. The van der Waals surface area contributed by atoms with Crippen LogP contribution in [0.25, 0.3) is 0 Å². The fourth-order valence-corrected chi connectivity index (χ4v) is 2.70. The van der Waals surface area contributed by atoms with Gasteiger partial charge in [-0.2, -0.15) is 0 Å². The number of hydrogen-bond acceptors (Lipinski definition) is 4. The van der Waals surface area contributed by atoms with Crippen LogP contribution in [0.2, 0.25) is 0 Å². The molecule has 1 aromatic carbocycles. The van der Waals surface area contributed by atoms with Gasteiger partial charge in [0.1, 0.15) is 19.0 Å². The van der Waals surface area contributed by atoms with Gasteiger partial charge in [0.05, 0.1) is 6.04 Å². The van der Waals surface area contributed by atoms with Crippen molar-refractivity contribution < 1.29 is 9.47 Å². The molecule has 1 unspecified atom stereocenters. The first-order chi connectivity index (χ1) is 10.3. The van der Waals surface area contributed by atoms with Crippen molar-refractivity contribution in [2.75, 3.05) is 20.3 Å². The maximum Gasteiger partial charge on any atom is 0.161 e. The van der Waals surface area contributed by atoms with Crippen LogP contribution in [0.15, 0.2) is 30.6 Å². The lowest BCUT2D eigenvalue weighted by atomic mass is 10.1. The number of imidazole rings is 1. The molecule has 21 heavy (non-hydrogen) atoms. The number of benzene rings is 1. The lowest BCUT2D eigenvalue weighted by Gasteiger charge is -2.22. The molecule has 2 aromatic rings. The SMILES string of the molecule is CCCn1ccnc1C(NC)c1ccc2c(c1)OCCO2. The minimum absolute atomic E-state index is 0.0439.